The predicted molar refractivity (Wildman–Crippen MR) is 10.7 cm³/mol. The monoisotopic (exact) mass is 78.0 g/mol. The van der Waals surface area contributed by atoms with E-state index in [1.807, 2.05) is 0 Å². The van der Waals surface area contributed by atoms with Gasteiger partial charge in [-0.25, -0.2) is 0 Å². The second-order valence-corrected chi connectivity index (χ2v) is 0. The van der Waals surface area contributed by atoms with E-state index in [4.69, 9.17) is 0 Å². The molecule has 0 aromatic heterocycles. The van der Waals surface area contributed by atoms with Crippen molar-refractivity contribution in [2.24, 2.45) is 0 Å². The summed E-state index contributed by atoms with van der Waals surface area (Å²) < 4.78 is 0. The molecule has 0 heterocycles. The second kappa shape index (κ2) is 1450. The van der Waals surface area contributed by atoms with Gasteiger partial charge in [0.15, 0.2) is 0 Å². The van der Waals surface area contributed by atoms with Crippen molar-refractivity contribution < 1.29 is 16.4 Å². The third-order valence-corrected chi connectivity index (χ3v) is 0. The quantitative estimate of drug-likeness (QED) is 0.317. The fourth-order valence-electron chi connectivity index (χ4n) is 0. The van der Waals surface area contributed by atoms with Gasteiger partial charge in [0, 0.05) is 0 Å². The van der Waals surface area contributed by atoms with E-state index in [0.29, 0.717) is 0 Å². The largest absolute Gasteiger partial charge is 4.00 e. The molecule has 0 atom stereocenters. The molecule has 4 heavy (non-hydrogen) atoms. The van der Waals surface area contributed by atoms with E-state index in [0.717, 1.165) is 0 Å². The van der Waals surface area contributed by atoms with Crippen LogP contribution in [0.25, 0.3) is 0 Å². The van der Waals surface area contributed by atoms with Crippen LogP contribution in [0.2, 0.25) is 0 Å². The molecular formula is H2O3Si. The topological polar surface area (TPSA) is 88.5 Å². The van der Waals surface area contributed by atoms with E-state index in [1.165, 1.54) is 0 Å². The van der Waals surface area contributed by atoms with Gasteiger partial charge in [-0.1, -0.05) is 0 Å². The minimum Gasteiger partial charge on any atom is -2.00 e. The van der Waals surface area contributed by atoms with Gasteiger partial charge in [-0.15, -0.1) is 0 Å². The van der Waals surface area contributed by atoms with Gasteiger partial charge in [-0.05, 0) is 0 Å². The summed E-state index contributed by atoms with van der Waals surface area (Å²) in [5.41, 5.74) is 0. The Hall–Kier alpha value is 0.0969. The third-order valence-electron chi connectivity index (χ3n) is 0. The van der Waals surface area contributed by atoms with Crippen LogP contribution in [-0.4, -0.2) is 16.4 Å². The maximum atomic E-state index is 0. The van der Waals surface area contributed by atoms with E-state index < -0.39 is 0 Å². The van der Waals surface area contributed by atoms with Crippen LogP contribution in [0.3, 0.4) is 0 Å². The first-order valence-electron chi connectivity index (χ1n) is 0. The standard InChI is InChI=1S/H2O.2O.Si/h1H2;;;/q;2*-2;+4. The van der Waals surface area contributed by atoms with Crippen LogP contribution in [-0.2, 0) is 11.0 Å². The molecule has 0 unspecified atom stereocenters. The second-order valence-electron chi connectivity index (χ2n) is 0. The van der Waals surface area contributed by atoms with Crippen molar-refractivity contribution in [3.8, 4) is 0 Å². The minimum absolute atomic E-state index is 0. The summed E-state index contributed by atoms with van der Waals surface area (Å²) in [5, 5.41) is 0. The van der Waals surface area contributed by atoms with E-state index in [2.05, 4.69) is 0 Å². The van der Waals surface area contributed by atoms with Crippen LogP contribution in [0.15, 0.2) is 0 Å². The van der Waals surface area contributed by atoms with Gasteiger partial charge in [0.2, 0.25) is 0 Å². The van der Waals surface area contributed by atoms with Gasteiger partial charge in [0.05, 0.1) is 0 Å². The number of hydrogen-bond donors (Lipinski definition) is 0. The number of rotatable bonds is 0. The van der Waals surface area contributed by atoms with Crippen molar-refractivity contribution in [3.05, 3.63) is 0 Å². The molecule has 0 aromatic carbocycles. The normalized spacial score (nSPS) is 0. The van der Waals surface area contributed by atoms with Crippen molar-refractivity contribution in [2.75, 3.05) is 0 Å². The minimum atomic E-state index is 0. The van der Waals surface area contributed by atoms with Gasteiger partial charge >= 0.3 is 11.0 Å². The van der Waals surface area contributed by atoms with Crippen molar-refractivity contribution in [2.45, 2.75) is 0 Å². The van der Waals surface area contributed by atoms with Gasteiger partial charge < -0.3 is 16.4 Å². The summed E-state index contributed by atoms with van der Waals surface area (Å²) in [4.78, 5) is 0. The van der Waals surface area contributed by atoms with Crippen LogP contribution in [0, 0.1) is 0 Å². The molecule has 4 heteroatoms. The molecular weight excluding hydrogens is 76.1 g/mol. The Balaban J connectivity index is 0. The molecule has 0 saturated carbocycles. The Morgan fingerprint density at radius 2 is 0.750 bits per heavy atom. The van der Waals surface area contributed by atoms with Crippen molar-refractivity contribution in [1.82, 2.24) is 0 Å². The fourth-order valence-corrected chi connectivity index (χ4v) is 0. The Bertz CT molecular complexity index is 3.25. The van der Waals surface area contributed by atoms with Crippen LogP contribution in [0.5, 0.6) is 0 Å². The summed E-state index contributed by atoms with van der Waals surface area (Å²) >= 11 is 0. The number of hydrogen-bond acceptors (Lipinski definition) is 0. The van der Waals surface area contributed by atoms with E-state index in [-0.39, 0.29) is 27.4 Å². The van der Waals surface area contributed by atoms with Crippen molar-refractivity contribution in [1.29, 1.82) is 0 Å². The van der Waals surface area contributed by atoms with Crippen molar-refractivity contribution >= 4 is 11.0 Å². The average Bonchev–Trinajstić information content (AvgIpc) is 0. The van der Waals surface area contributed by atoms with Gasteiger partial charge in [0.1, 0.15) is 0 Å². The molecule has 0 aliphatic heterocycles. The average molecular weight is 78.1 g/mol. The van der Waals surface area contributed by atoms with E-state index in [9.17, 15) is 0 Å². The molecule has 0 spiro atoms. The molecule has 0 aliphatic rings. The van der Waals surface area contributed by atoms with Crippen LogP contribution in [0.1, 0.15) is 0 Å². The molecule has 0 aromatic rings. The smallest absolute Gasteiger partial charge is 2.00 e. The molecule has 0 bridgehead atoms. The van der Waals surface area contributed by atoms with Crippen LogP contribution in [0.4, 0.5) is 0 Å². The maximum absolute atomic E-state index is 0. The molecule has 0 amide bonds. The first-order valence-corrected chi connectivity index (χ1v) is 0. The van der Waals surface area contributed by atoms with E-state index >= 15 is 0 Å². The molecule has 2 N–H and O–H groups in total. The zero-order chi connectivity index (χ0) is 0. The third kappa shape index (κ3) is 269. The SMILES string of the molecule is O.[O-2].[O-2].[Si+4]. The van der Waals surface area contributed by atoms with Gasteiger partial charge in [-0.2, -0.15) is 0 Å². The van der Waals surface area contributed by atoms with Gasteiger partial charge in [-0.3, -0.25) is 0 Å². The molecule has 0 saturated heterocycles. The summed E-state index contributed by atoms with van der Waals surface area (Å²) in [5.74, 6) is 0. The first-order chi connectivity index (χ1) is 0. The Kier molecular flexibility index (Phi) is 1520000. The van der Waals surface area contributed by atoms with E-state index in [1.54, 1.807) is 0 Å². The van der Waals surface area contributed by atoms with Crippen molar-refractivity contribution in [3.63, 3.8) is 0 Å². The predicted octanol–water partition coefficient (Wildman–Crippen LogP) is -1.44. The molecule has 0 radical (unpaired) electrons. The molecule has 0 rings (SSSR count). The zero-order valence-electron chi connectivity index (χ0n) is 1.82. The Morgan fingerprint density at radius 1 is 0.750 bits per heavy atom. The summed E-state index contributed by atoms with van der Waals surface area (Å²) in [6.45, 7) is 0. The fraction of sp³-hybridized carbons (Fsp3) is 0. The Morgan fingerprint density at radius 3 is 0.750 bits per heavy atom. The summed E-state index contributed by atoms with van der Waals surface area (Å²) in [6, 6.07) is 0. The summed E-state index contributed by atoms with van der Waals surface area (Å²) in [7, 11) is 0. The first kappa shape index (κ1) is 4190. The molecule has 0 aliphatic carbocycles. The maximum Gasteiger partial charge on any atom is 4.00 e. The zero-order valence-corrected chi connectivity index (χ0v) is 2.82. The Labute approximate surface area is 28.6 Å². The molecule has 0 fully saturated rings. The van der Waals surface area contributed by atoms with Crippen LogP contribution < -0.4 is 0 Å². The molecule has 24 valence electrons. The molecule has 3 nitrogen and oxygen atoms in total. The summed E-state index contributed by atoms with van der Waals surface area (Å²) in [6.07, 6.45) is 0. The van der Waals surface area contributed by atoms with Gasteiger partial charge in [0.25, 0.3) is 0 Å². The van der Waals surface area contributed by atoms with Crippen LogP contribution >= 0.6 is 0 Å².